The number of hydrogen-bond acceptors (Lipinski definition) is 5. The topological polar surface area (TPSA) is 79.9 Å². The van der Waals surface area contributed by atoms with Crippen molar-refractivity contribution >= 4 is 17.5 Å². The summed E-state index contributed by atoms with van der Waals surface area (Å²) < 4.78 is 10.3. The Hall–Kier alpha value is -2.12. The van der Waals surface area contributed by atoms with Crippen LogP contribution >= 0.6 is 0 Å². The van der Waals surface area contributed by atoms with Gasteiger partial charge in [0.2, 0.25) is 11.8 Å². The number of carbonyl (C=O) groups is 2. The molecule has 0 aromatic heterocycles. The lowest BCUT2D eigenvalue weighted by Gasteiger charge is -2.26. The second kappa shape index (κ2) is 9.12. The van der Waals surface area contributed by atoms with Crippen LogP contribution in [0.1, 0.15) is 6.42 Å². The van der Waals surface area contributed by atoms with Crippen molar-refractivity contribution in [3.63, 3.8) is 0 Å². The second-order valence-electron chi connectivity index (χ2n) is 5.26. The number of methoxy groups -OCH3 is 1. The predicted octanol–water partition coefficient (Wildman–Crippen LogP) is 0.472. The van der Waals surface area contributed by atoms with E-state index < -0.39 is 0 Å². The molecule has 0 radical (unpaired) electrons. The molecule has 7 heteroatoms. The molecule has 1 fully saturated rings. The summed E-state index contributed by atoms with van der Waals surface area (Å²) >= 11 is 0. The van der Waals surface area contributed by atoms with Crippen LogP contribution in [0, 0.1) is 0 Å². The molecule has 0 bridgehead atoms. The SMILES string of the molecule is COc1ccc(NC(=O)CC(=O)NCCN2CCOCC2)cc1. The number of hydrogen-bond donors (Lipinski definition) is 2. The second-order valence-corrected chi connectivity index (χ2v) is 5.26. The Bertz CT molecular complexity index is 513. The van der Waals surface area contributed by atoms with Gasteiger partial charge in [-0.15, -0.1) is 0 Å². The van der Waals surface area contributed by atoms with Crippen molar-refractivity contribution in [2.45, 2.75) is 6.42 Å². The summed E-state index contributed by atoms with van der Waals surface area (Å²) in [6.45, 7) is 4.54. The van der Waals surface area contributed by atoms with Crippen molar-refractivity contribution in [1.82, 2.24) is 10.2 Å². The zero-order chi connectivity index (χ0) is 16.5. The zero-order valence-corrected chi connectivity index (χ0v) is 13.3. The van der Waals surface area contributed by atoms with Crippen LogP contribution in [0.15, 0.2) is 24.3 Å². The summed E-state index contributed by atoms with van der Waals surface area (Å²) in [6.07, 6.45) is -0.185. The van der Waals surface area contributed by atoms with E-state index in [9.17, 15) is 9.59 Å². The molecule has 2 N–H and O–H groups in total. The molecule has 126 valence electrons. The fourth-order valence-corrected chi connectivity index (χ4v) is 2.27. The Balaban J connectivity index is 1.64. The highest BCUT2D eigenvalue weighted by Crippen LogP contribution is 2.14. The zero-order valence-electron chi connectivity index (χ0n) is 13.3. The van der Waals surface area contributed by atoms with E-state index >= 15 is 0 Å². The molecule has 0 saturated carbocycles. The van der Waals surface area contributed by atoms with Crippen LogP contribution in [0.25, 0.3) is 0 Å². The van der Waals surface area contributed by atoms with Gasteiger partial charge in [0.1, 0.15) is 12.2 Å². The van der Waals surface area contributed by atoms with Crippen molar-refractivity contribution < 1.29 is 19.1 Å². The quantitative estimate of drug-likeness (QED) is 0.714. The third-order valence-electron chi connectivity index (χ3n) is 3.55. The first-order chi connectivity index (χ1) is 11.2. The van der Waals surface area contributed by atoms with Crippen LogP contribution in [0.5, 0.6) is 5.75 Å². The van der Waals surface area contributed by atoms with Crippen molar-refractivity contribution in [2.24, 2.45) is 0 Å². The van der Waals surface area contributed by atoms with E-state index in [1.165, 1.54) is 0 Å². The third kappa shape index (κ3) is 6.25. The highest BCUT2D eigenvalue weighted by molar-refractivity contribution is 6.03. The maximum Gasteiger partial charge on any atom is 0.233 e. The van der Waals surface area contributed by atoms with Crippen LogP contribution < -0.4 is 15.4 Å². The predicted molar refractivity (Wildman–Crippen MR) is 86.5 cm³/mol. The lowest BCUT2D eigenvalue weighted by Crippen LogP contribution is -2.41. The number of benzene rings is 1. The van der Waals surface area contributed by atoms with Crippen molar-refractivity contribution in [2.75, 3.05) is 51.8 Å². The Morgan fingerprint density at radius 2 is 1.87 bits per heavy atom. The molecule has 23 heavy (non-hydrogen) atoms. The number of ether oxygens (including phenoxy) is 2. The minimum atomic E-state index is -0.334. The summed E-state index contributed by atoms with van der Waals surface area (Å²) in [5, 5.41) is 5.44. The smallest absolute Gasteiger partial charge is 0.233 e. The Morgan fingerprint density at radius 1 is 1.17 bits per heavy atom. The van der Waals surface area contributed by atoms with E-state index in [0.29, 0.717) is 18.0 Å². The standard InChI is InChI=1S/C16H23N3O4/c1-22-14-4-2-13(3-5-14)18-16(21)12-15(20)17-6-7-19-8-10-23-11-9-19/h2-5H,6-12H2,1H3,(H,17,20)(H,18,21). The minimum absolute atomic E-state index is 0.185. The summed E-state index contributed by atoms with van der Waals surface area (Å²) in [5.41, 5.74) is 0.636. The van der Waals surface area contributed by atoms with Crippen LogP contribution in [0.2, 0.25) is 0 Å². The average molecular weight is 321 g/mol. The molecule has 2 rings (SSSR count). The third-order valence-corrected chi connectivity index (χ3v) is 3.55. The van der Waals surface area contributed by atoms with E-state index in [1.807, 2.05) is 0 Å². The van der Waals surface area contributed by atoms with Gasteiger partial charge in [-0.2, -0.15) is 0 Å². The monoisotopic (exact) mass is 321 g/mol. The lowest BCUT2D eigenvalue weighted by atomic mass is 10.3. The van der Waals surface area contributed by atoms with Crippen LogP contribution in [0.3, 0.4) is 0 Å². The molecule has 1 heterocycles. The molecular weight excluding hydrogens is 298 g/mol. The number of nitrogens with one attached hydrogen (secondary N) is 2. The Morgan fingerprint density at radius 3 is 2.52 bits per heavy atom. The van der Waals surface area contributed by atoms with Gasteiger partial charge in [0.25, 0.3) is 0 Å². The molecule has 1 saturated heterocycles. The molecule has 1 aromatic carbocycles. The average Bonchev–Trinajstić information content (AvgIpc) is 2.56. The van der Waals surface area contributed by atoms with E-state index in [0.717, 1.165) is 32.8 Å². The van der Waals surface area contributed by atoms with Gasteiger partial charge in [-0.05, 0) is 24.3 Å². The molecule has 0 aliphatic carbocycles. The minimum Gasteiger partial charge on any atom is -0.497 e. The van der Waals surface area contributed by atoms with Gasteiger partial charge in [-0.25, -0.2) is 0 Å². The Kier molecular flexibility index (Phi) is 6.83. The molecule has 0 atom stereocenters. The fraction of sp³-hybridized carbons (Fsp3) is 0.500. The first-order valence-corrected chi connectivity index (χ1v) is 7.68. The van der Waals surface area contributed by atoms with Crippen LogP contribution in [-0.4, -0.2) is 63.2 Å². The lowest BCUT2D eigenvalue weighted by molar-refractivity contribution is -0.126. The van der Waals surface area contributed by atoms with E-state index in [1.54, 1.807) is 31.4 Å². The largest absolute Gasteiger partial charge is 0.497 e. The molecule has 1 aliphatic rings. The molecular formula is C16H23N3O4. The summed E-state index contributed by atoms with van der Waals surface area (Å²) in [7, 11) is 1.58. The molecule has 7 nitrogen and oxygen atoms in total. The van der Waals surface area contributed by atoms with E-state index in [4.69, 9.17) is 9.47 Å². The van der Waals surface area contributed by atoms with Gasteiger partial charge >= 0.3 is 0 Å². The first-order valence-electron chi connectivity index (χ1n) is 7.68. The maximum absolute atomic E-state index is 11.8. The highest BCUT2D eigenvalue weighted by Gasteiger charge is 2.12. The molecule has 2 amide bonds. The highest BCUT2D eigenvalue weighted by atomic mass is 16.5. The Labute approximate surface area is 135 Å². The molecule has 0 spiro atoms. The van der Waals surface area contributed by atoms with Gasteiger partial charge in [-0.1, -0.05) is 0 Å². The van der Waals surface area contributed by atoms with Gasteiger partial charge < -0.3 is 20.1 Å². The number of morpholine rings is 1. The number of amides is 2. The normalized spacial score (nSPS) is 15.0. The van der Waals surface area contributed by atoms with Gasteiger partial charge in [0.05, 0.1) is 20.3 Å². The molecule has 1 aromatic rings. The van der Waals surface area contributed by atoms with Crippen LogP contribution in [-0.2, 0) is 14.3 Å². The van der Waals surface area contributed by atoms with Crippen molar-refractivity contribution in [1.29, 1.82) is 0 Å². The van der Waals surface area contributed by atoms with Crippen molar-refractivity contribution in [3.8, 4) is 5.75 Å². The van der Waals surface area contributed by atoms with Gasteiger partial charge in [-0.3, -0.25) is 14.5 Å². The number of rotatable bonds is 7. The van der Waals surface area contributed by atoms with E-state index in [2.05, 4.69) is 15.5 Å². The maximum atomic E-state index is 11.8. The first kappa shape index (κ1) is 17.2. The molecule has 0 unspecified atom stereocenters. The number of nitrogens with zero attached hydrogens (tertiary/aromatic N) is 1. The summed E-state index contributed by atoms with van der Waals surface area (Å²) in [5.74, 6) is 0.104. The van der Waals surface area contributed by atoms with Crippen LogP contribution in [0.4, 0.5) is 5.69 Å². The molecule has 1 aliphatic heterocycles. The summed E-state index contributed by atoms with van der Waals surface area (Å²) in [6, 6.07) is 6.95. The number of anilines is 1. The fourth-order valence-electron chi connectivity index (χ4n) is 2.27. The van der Waals surface area contributed by atoms with Crippen molar-refractivity contribution in [3.05, 3.63) is 24.3 Å². The van der Waals surface area contributed by atoms with Gasteiger partial charge in [0, 0.05) is 31.9 Å². The summed E-state index contributed by atoms with van der Waals surface area (Å²) in [4.78, 5) is 25.8. The van der Waals surface area contributed by atoms with E-state index in [-0.39, 0.29) is 18.2 Å². The number of carbonyl (C=O) groups excluding carboxylic acids is 2. The van der Waals surface area contributed by atoms with Gasteiger partial charge in [0.15, 0.2) is 0 Å².